The van der Waals surface area contributed by atoms with Crippen molar-refractivity contribution in [1.29, 1.82) is 0 Å². The van der Waals surface area contributed by atoms with E-state index in [1.54, 1.807) is 34.6 Å². The Kier molecular flexibility index (Phi) is 32.5. The first-order chi connectivity index (χ1) is 37.9. The van der Waals surface area contributed by atoms with Crippen molar-refractivity contribution in [2.75, 3.05) is 72.4 Å². The summed E-state index contributed by atoms with van der Waals surface area (Å²) in [6.07, 6.45) is -13.0. The van der Waals surface area contributed by atoms with E-state index in [9.17, 15) is 79.4 Å². The first kappa shape index (κ1) is 71.2. The Bertz CT molecular complexity index is 1740. The normalized spacial score (nSPS) is 30.4. The Balaban J connectivity index is 1.69. The van der Waals surface area contributed by atoms with Crippen LogP contribution in [0, 0.1) is 17.8 Å². The van der Waals surface area contributed by atoms with Gasteiger partial charge in [0, 0.05) is 81.6 Å². The lowest BCUT2D eigenvalue weighted by Gasteiger charge is -2.40. The summed E-state index contributed by atoms with van der Waals surface area (Å²) in [5.74, 6) is -4.06. The molecule has 3 heterocycles. The molecule has 0 spiro atoms. The Morgan fingerprint density at radius 3 is 1.09 bits per heavy atom. The van der Waals surface area contributed by atoms with Crippen LogP contribution in [0.2, 0.25) is 0 Å². The van der Waals surface area contributed by atoms with Crippen LogP contribution in [0.4, 0.5) is 0 Å². The number of ether oxygens (including phenoxy) is 6. The molecule has 0 bridgehead atoms. The fourth-order valence-electron chi connectivity index (χ4n) is 9.12. The molecular formula is C51H94N5O23P. The van der Waals surface area contributed by atoms with Crippen LogP contribution in [0.3, 0.4) is 0 Å². The molecule has 16 atom stereocenters. The lowest BCUT2D eigenvalue weighted by atomic mass is 9.82. The van der Waals surface area contributed by atoms with Gasteiger partial charge in [-0.25, -0.2) is 0 Å². The monoisotopic (exact) mass is 1180 g/mol. The third-order valence-corrected chi connectivity index (χ3v) is 16.5. The molecule has 7 unspecified atom stereocenters. The minimum absolute atomic E-state index is 0.0381. The maximum absolute atomic E-state index is 13.8. The Labute approximate surface area is 468 Å². The predicted molar refractivity (Wildman–Crippen MR) is 282 cm³/mol. The molecule has 80 heavy (non-hydrogen) atoms. The second kappa shape index (κ2) is 36.6. The van der Waals surface area contributed by atoms with Crippen molar-refractivity contribution >= 4 is 37.1 Å². The van der Waals surface area contributed by atoms with Crippen LogP contribution in [0.1, 0.15) is 118 Å². The number of amides is 5. The summed E-state index contributed by atoms with van der Waals surface area (Å²) < 4.78 is 51.2. The van der Waals surface area contributed by atoms with Crippen molar-refractivity contribution in [2.45, 2.75) is 203 Å². The van der Waals surface area contributed by atoms with Gasteiger partial charge in [-0.15, -0.1) is 0 Å². The maximum Gasteiger partial charge on any atom is 0.330 e. The molecule has 466 valence electrons. The van der Waals surface area contributed by atoms with Crippen LogP contribution in [-0.4, -0.2) is 238 Å². The highest BCUT2D eigenvalue weighted by Gasteiger charge is 2.45. The van der Waals surface area contributed by atoms with E-state index in [0.717, 1.165) is 0 Å². The van der Waals surface area contributed by atoms with E-state index in [2.05, 4.69) is 26.6 Å². The smallest absolute Gasteiger partial charge is 0.330 e. The summed E-state index contributed by atoms with van der Waals surface area (Å²) >= 11 is 0. The quantitative estimate of drug-likeness (QED) is 0.0220. The second-order valence-corrected chi connectivity index (χ2v) is 23.7. The van der Waals surface area contributed by atoms with Gasteiger partial charge in [0.1, 0.15) is 36.6 Å². The highest BCUT2D eigenvalue weighted by Crippen LogP contribution is 2.47. The van der Waals surface area contributed by atoms with Crippen LogP contribution in [0.25, 0.3) is 0 Å². The molecule has 3 aliphatic heterocycles. The van der Waals surface area contributed by atoms with Gasteiger partial charge >= 0.3 is 7.60 Å². The van der Waals surface area contributed by atoms with Crippen molar-refractivity contribution in [2.24, 2.45) is 17.8 Å². The van der Waals surface area contributed by atoms with Gasteiger partial charge in [-0.1, -0.05) is 34.6 Å². The van der Waals surface area contributed by atoms with Gasteiger partial charge in [0.15, 0.2) is 18.9 Å². The van der Waals surface area contributed by atoms with Crippen LogP contribution >= 0.6 is 7.60 Å². The van der Waals surface area contributed by atoms with E-state index < -0.39 is 154 Å². The standard InChI is InChI=1S/C51H94N5O23P/c1-30(2)80(71,72)76-26-10-22-52-37(60)11-6-12-41(64)56-51(16-13-38(61)53-19-7-23-73-48-31(3)42(65)45(68)34(27-57)77-48,17-14-39(62)54-20-8-24-74-49-32(4)43(66)46(69)35(28-58)78-49)18-15-40(63)55-21-9-25-75-50-33(5)44(67)47(70)36(29-59)79-50/h30-36,42-50,57-59,65-70H,6-29H2,1-5H3,(H,52,60)(H,53,61)(H,54,62)(H,55,63)(H,56,64)(H,71,72)/t31?,32?,33?,34?,35?,36?,42-,43-,44-,45+,46+,47+,48-,49-,50-,51?/m1/s1. The van der Waals surface area contributed by atoms with E-state index >= 15 is 0 Å². The summed E-state index contributed by atoms with van der Waals surface area (Å²) in [7, 11) is -3.77. The fraction of sp³-hybridized carbons (Fsp3) is 0.902. The van der Waals surface area contributed by atoms with E-state index in [0.29, 0.717) is 19.3 Å². The van der Waals surface area contributed by atoms with Crippen LogP contribution < -0.4 is 26.6 Å². The largest absolute Gasteiger partial charge is 0.394 e. The number of nitrogens with one attached hydrogen (secondary N) is 5. The van der Waals surface area contributed by atoms with Crippen LogP contribution in [0.5, 0.6) is 0 Å². The van der Waals surface area contributed by atoms with E-state index in [-0.39, 0.29) is 123 Å². The minimum Gasteiger partial charge on any atom is -0.394 e. The molecule has 3 fully saturated rings. The number of hydrogen-bond acceptors (Lipinski definition) is 22. The van der Waals surface area contributed by atoms with Gasteiger partial charge in [-0.2, -0.15) is 0 Å². The zero-order chi connectivity index (χ0) is 59.6. The predicted octanol–water partition coefficient (Wildman–Crippen LogP) is -2.74. The SMILES string of the molecule is CC1[C@H](OCCCNC(=O)CCC(CCC(=O)NCCCO[C@@H]2OC(CO)[C@H](O)[C@H](O)C2C)(CCC(=O)NCCCO[C@@H]2OC(CO)[C@H](O)[C@H](O)C2C)NC(=O)CCCC(=O)NCCCOP(=O)(O)C(C)C)OC(CO)[C@H](O)[C@@H]1O. The van der Waals surface area contributed by atoms with Crippen molar-refractivity contribution < 1.29 is 112 Å². The molecule has 0 aliphatic carbocycles. The average Bonchev–Trinajstić information content (AvgIpc) is 3.48. The molecule has 3 saturated heterocycles. The summed E-state index contributed by atoms with van der Waals surface area (Å²) in [6, 6.07) is 0. The second-order valence-electron chi connectivity index (χ2n) is 21.3. The topological polar surface area (TPSA) is 429 Å². The summed E-state index contributed by atoms with van der Waals surface area (Å²) in [4.78, 5) is 76.8. The number of carbonyl (C=O) groups is 5. The van der Waals surface area contributed by atoms with E-state index in [4.69, 9.17) is 32.9 Å². The zero-order valence-electron chi connectivity index (χ0n) is 46.9. The van der Waals surface area contributed by atoms with E-state index in [1.165, 1.54) is 0 Å². The number of carbonyl (C=O) groups excluding carboxylic acids is 5. The van der Waals surface area contributed by atoms with Gasteiger partial charge in [-0.3, -0.25) is 28.5 Å². The molecule has 5 amide bonds. The number of aliphatic hydroxyl groups excluding tert-OH is 9. The number of hydrogen-bond donors (Lipinski definition) is 15. The van der Waals surface area contributed by atoms with Crippen LogP contribution in [0.15, 0.2) is 0 Å². The third kappa shape index (κ3) is 23.9. The molecule has 28 nitrogen and oxygen atoms in total. The van der Waals surface area contributed by atoms with Crippen molar-refractivity contribution in [3.63, 3.8) is 0 Å². The number of aliphatic hydroxyl groups is 9. The molecule has 29 heteroatoms. The van der Waals surface area contributed by atoms with Crippen LogP contribution in [-0.2, 0) is 61.5 Å². The molecule has 0 saturated carbocycles. The maximum atomic E-state index is 13.8. The minimum atomic E-state index is -3.77. The Morgan fingerprint density at radius 2 is 0.775 bits per heavy atom. The Hall–Kier alpha value is -3.10. The third-order valence-electron chi connectivity index (χ3n) is 14.6. The first-order valence-corrected chi connectivity index (χ1v) is 29.6. The van der Waals surface area contributed by atoms with Crippen molar-refractivity contribution in [3.8, 4) is 0 Å². The van der Waals surface area contributed by atoms with Gasteiger partial charge in [0.25, 0.3) is 0 Å². The lowest BCUT2D eigenvalue weighted by molar-refractivity contribution is -0.282. The molecule has 3 aliphatic rings. The molecule has 0 aromatic carbocycles. The van der Waals surface area contributed by atoms with Gasteiger partial charge in [-0.05, 0) is 51.4 Å². The van der Waals surface area contributed by atoms with Gasteiger partial charge in [0.2, 0.25) is 29.5 Å². The molecule has 3 rings (SSSR count). The first-order valence-electron chi connectivity index (χ1n) is 28.0. The van der Waals surface area contributed by atoms with Gasteiger partial charge < -0.3 is 110 Å². The molecular weight excluding hydrogens is 1080 g/mol. The fourth-order valence-corrected chi connectivity index (χ4v) is 9.81. The molecule has 0 aromatic rings. The van der Waals surface area contributed by atoms with E-state index in [1.807, 2.05) is 0 Å². The highest BCUT2D eigenvalue weighted by molar-refractivity contribution is 7.53. The molecule has 15 N–H and O–H groups in total. The highest BCUT2D eigenvalue weighted by atomic mass is 31.2. The average molecular weight is 1180 g/mol. The summed E-state index contributed by atoms with van der Waals surface area (Å²) in [5, 5.41) is 104. The van der Waals surface area contributed by atoms with Crippen molar-refractivity contribution in [1.82, 2.24) is 26.6 Å². The lowest BCUT2D eigenvalue weighted by Crippen LogP contribution is -2.55. The molecule has 0 aromatic heterocycles. The van der Waals surface area contributed by atoms with Crippen molar-refractivity contribution in [3.05, 3.63) is 0 Å². The zero-order valence-corrected chi connectivity index (χ0v) is 47.8. The summed E-state index contributed by atoms with van der Waals surface area (Å²) in [6.45, 7) is 7.09. The van der Waals surface area contributed by atoms with Gasteiger partial charge in [0.05, 0.1) is 70.2 Å². The Morgan fingerprint density at radius 1 is 0.475 bits per heavy atom. The number of rotatable bonds is 38. The summed E-state index contributed by atoms with van der Waals surface area (Å²) in [5.41, 5.74) is -1.92. The molecule has 0 radical (unpaired) electrons.